The second kappa shape index (κ2) is 8.23. The number of benzene rings is 2. The molecule has 7 heteroatoms. The fourth-order valence-electron chi connectivity index (χ4n) is 3.02. The molecule has 1 heterocycles. The maximum absolute atomic E-state index is 13.8. The van der Waals surface area contributed by atoms with Crippen LogP contribution in [0.25, 0.3) is 0 Å². The van der Waals surface area contributed by atoms with E-state index in [2.05, 4.69) is 10.2 Å². The van der Waals surface area contributed by atoms with Gasteiger partial charge in [0, 0.05) is 45.3 Å². The maximum atomic E-state index is 13.8. The van der Waals surface area contributed by atoms with Crippen molar-refractivity contribution < 1.29 is 18.0 Å². The molecule has 1 amide bonds. The fourth-order valence-corrected chi connectivity index (χ4v) is 3.02. The summed E-state index contributed by atoms with van der Waals surface area (Å²) in [6.45, 7) is 3.85. The zero-order chi connectivity index (χ0) is 18.5. The van der Waals surface area contributed by atoms with Crippen molar-refractivity contribution >= 4 is 11.6 Å². The molecular formula is C19H20F3N3O. The van der Waals surface area contributed by atoms with Crippen LogP contribution in [0.15, 0.2) is 42.5 Å². The third-order valence-electron chi connectivity index (χ3n) is 4.45. The van der Waals surface area contributed by atoms with E-state index >= 15 is 0 Å². The van der Waals surface area contributed by atoms with E-state index in [1.807, 2.05) is 11.0 Å². The molecule has 0 aliphatic carbocycles. The third kappa shape index (κ3) is 4.35. The standard InChI is InChI=1S/C19H20F3N3O/c20-14-5-6-15(17(22)13-14)19(26)23-7-8-24-9-11-25(12-10-24)18-4-2-1-3-16(18)21/h1-6,13H,7-12H2,(H,23,26). The average Bonchev–Trinajstić information content (AvgIpc) is 2.63. The van der Waals surface area contributed by atoms with Crippen LogP contribution in [0.4, 0.5) is 18.9 Å². The molecule has 0 spiro atoms. The summed E-state index contributed by atoms with van der Waals surface area (Å²) in [7, 11) is 0. The maximum Gasteiger partial charge on any atom is 0.254 e. The van der Waals surface area contributed by atoms with Crippen LogP contribution < -0.4 is 10.2 Å². The molecule has 4 nitrogen and oxygen atoms in total. The topological polar surface area (TPSA) is 35.6 Å². The van der Waals surface area contributed by atoms with Crippen molar-refractivity contribution in [1.82, 2.24) is 10.2 Å². The van der Waals surface area contributed by atoms with Crippen molar-refractivity contribution in [2.45, 2.75) is 0 Å². The van der Waals surface area contributed by atoms with Gasteiger partial charge in [0.25, 0.3) is 5.91 Å². The van der Waals surface area contributed by atoms with Crippen LogP contribution >= 0.6 is 0 Å². The Balaban J connectivity index is 1.44. The number of hydrogen-bond donors (Lipinski definition) is 1. The minimum atomic E-state index is -0.874. The van der Waals surface area contributed by atoms with Crippen molar-refractivity contribution in [2.75, 3.05) is 44.2 Å². The van der Waals surface area contributed by atoms with E-state index in [-0.39, 0.29) is 11.4 Å². The Kier molecular flexibility index (Phi) is 5.78. The number of nitrogens with one attached hydrogen (secondary N) is 1. The van der Waals surface area contributed by atoms with Gasteiger partial charge in [-0.05, 0) is 24.3 Å². The van der Waals surface area contributed by atoms with Gasteiger partial charge in [-0.1, -0.05) is 12.1 Å². The lowest BCUT2D eigenvalue weighted by atomic mass is 10.2. The molecule has 26 heavy (non-hydrogen) atoms. The Bertz CT molecular complexity index is 776. The molecule has 3 rings (SSSR count). The molecular weight excluding hydrogens is 343 g/mol. The molecule has 0 unspecified atom stereocenters. The molecule has 2 aromatic carbocycles. The van der Waals surface area contributed by atoms with Crippen LogP contribution in [0, 0.1) is 17.5 Å². The number of hydrogen-bond acceptors (Lipinski definition) is 3. The van der Waals surface area contributed by atoms with Gasteiger partial charge in [-0.25, -0.2) is 13.2 Å². The quantitative estimate of drug-likeness (QED) is 0.887. The predicted molar refractivity (Wildman–Crippen MR) is 93.7 cm³/mol. The summed E-state index contributed by atoms with van der Waals surface area (Å²) in [5.41, 5.74) is 0.433. The Hall–Kier alpha value is -2.54. The fraction of sp³-hybridized carbons (Fsp3) is 0.316. The number of piperazine rings is 1. The van der Waals surface area contributed by atoms with Gasteiger partial charge < -0.3 is 10.2 Å². The molecule has 0 bridgehead atoms. The first-order chi connectivity index (χ1) is 12.5. The van der Waals surface area contributed by atoms with Gasteiger partial charge in [-0.15, -0.1) is 0 Å². The molecule has 1 aliphatic heterocycles. The number of para-hydroxylation sites is 1. The SMILES string of the molecule is O=C(NCCN1CCN(c2ccccc2F)CC1)c1ccc(F)cc1F. The molecule has 1 N–H and O–H groups in total. The smallest absolute Gasteiger partial charge is 0.254 e. The lowest BCUT2D eigenvalue weighted by Crippen LogP contribution is -2.48. The summed E-state index contributed by atoms with van der Waals surface area (Å²) in [4.78, 5) is 16.1. The summed E-state index contributed by atoms with van der Waals surface area (Å²) < 4.78 is 40.3. The highest BCUT2D eigenvalue weighted by molar-refractivity contribution is 5.94. The van der Waals surface area contributed by atoms with Crippen molar-refractivity contribution in [1.29, 1.82) is 0 Å². The Morgan fingerprint density at radius 1 is 0.962 bits per heavy atom. The van der Waals surface area contributed by atoms with Crippen LogP contribution in [0.1, 0.15) is 10.4 Å². The van der Waals surface area contributed by atoms with E-state index < -0.39 is 17.5 Å². The first-order valence-electron chi connectivity index (χ1n) is 8.49. The minimum absolute atomic E-state index is 0.171. The summed E-state index contributed by atoms with van der Waals surface area (Å²) in [5.74, 6) is -2.38. The largest absolute Gasteiger partial charge is 0.367 e. The number of amides is 1. The van der Waals surface area contributed by atoms with Crippen molar-refractivity contribution in [3.05, 3.63) is 65.5 Å². The number of carbonyl (C=O) groups is 1. The van der Waals surface area contributed by atoms with Gasteiger partial charge in [-0.3, -0.25) is 9.69 Å². The summed E-state index contributed by atoms with van der Waals surface area (Å²) in [6, 6.07) is 9.58. The molecule has 1 saturated heterocycles. The number of carbonyl (C=O) groups excluding carboxylic acids is 1. The molecule has 0 atom stereocenters. The lowest BCUT2D eigenvalue weighted by Gasteiger charge is -2.36. The lowest BCUT2D eigenvalue weighted by molar-refractivity contribution is 0.0943. The second-order valence-electron chi connectivity index (χ2n) is 6.16. The van der Waals surface area contributed by atoms with Gasteiger partial charge in [0.1, 0.15) is 17.5 Å². The van der Waals surface area contributed by atoms with Crippen LogP contribution in [0.5, 0.6) is 0 Å². The number of nitrogens with zero attached hydrogens (tertiary/aromatic N) is 2. The van der Waals surface area contributed by atoms with E-state index in [9.17, 15) is 18.0 Å². The molecule has 2 aromatic rings. The monoisotopic (exact) mass is 363 g/mol. The highest BCUT2D eigenvalue weighted by Gasteiger charge is 2.19. The highest BCUT2D eigenvalue weighted by Crippen LogP contribution is 2.19. The van der Waals surface area contributed by atoms with Crippen LogP contribution in [-0.4, -0.2) is 50.1 Å². The van der Waals surface area contributed by atoms with Gasteiger partial charge in [0.15, 0.2) is 0 Å². The Morgan fingerprint density at radius 3 is 2.38 bits per heavy atom. The molecule has 0 radical (unpaired) electrons. The van der Waals surface area contributed by atoms with Crippen LogP contribution in [-0.2, 0) is 0 Å². The number of rotatable bonds is 5. The van der Waals surface area contributed by atoms with Gasteiger partial charge >= 0.3 is 0 Å². The normalized spacial score (nSPS) is 15.1. The molecule has 0 saturated carbocycles. The summed E-state index contributed by atoms with van der Waals surface area (Å²) in [5, 5.41) is 2.64. The number of halogens is 3. The molecule has 1 fully saturated rings. The van der Waals surface area contributed by atoms with Gasteiger partial charge in [0.05, 0.1) is 11.3 Å². The van der Waals surface area contributed by atoms with E-state index in [4.69, 9.17) is 0 Å². The van der Waals surface area contributed by atoms with Crippen molar-refractivity contribution in [3.63, 3.8) is 0 Å². The first kappa shape index (κ1) is 18.3. The molecule has 0 aromatic heterocycles. The average molecular weight is 363 g/mol. The van der Waals surface area contributed by atoms with Gasteiger partial charge in [-0.2, -0.15) is 0 Å². The van der Waals surface area contributed by atoms with Crippen molar-refractivity contribution in [2.24, 2.45) is 0 Å². The van der Waals surface area contributed by atoms with Gasteiger partial charge in [0.2, 0.25) is 0 Å². The van der Waals surface area contributed by atoms with E-state index in [0.29, 0.717) is 37.9 Å². The Morgan fingerprint density at radius 2 is 1.69 bits per heavy atom. The second-order valence-corrected chi connectivity index (χ2v) is 6.16. The molecule has 138 valence electrons. The van der Waals surface area contributed by atoms with E-state index in [1.54, 1.807) is 12.1 Å². The highest BCUT2D eigenvalue weighted by atomic mass is 19.1. The Labute approximate surface area is 150 Å². The predicted octanol–water partition coefficient (Wildman–Crippen LogP) is 2.66. The zero-order valence-electron chi connectivity index (χ0n) is 14.2. The summed E-state index contributed by atoms with van der Waals surface area (Å²) >= 11 is 0. The van der Waals surface area contributed by atoms with E-state index in [1.165, 1.54) is 6.07 Å². The first-order valence-corrected chi connectivity index (χ1v) is 8.49. The molecule has 1 aliphatic rings. The summed E-state index contributed by atoms with van der Waals surface area (Å²) in [6.07, 6.45) is 0. The van der Waals surface area contributed by atoms with Crippen LogP contribution in [0.3, 0.4) is 0 Å². The minimum Gasteiger partial charge on any atom is -0.367 e. The van der Waals surface area contributed by atoms with Crippen molar-refractivity contribution in [3.8, 4) is 0 Å². The van der Waals surface area contributed by atoms with E-state index in [0.717, 1.165) is 25.2 Å². The number of anilines is 1. The van der Waals surface area contributed by atoms with Crippen LogP contribution in [0.2, 0.25) is 0 Å². The third-order valence-corrected chi connectivity index (χ3v) is 4.45. The zero-order valence-corrected chi connectivity index (χ0v) is 14.2.